The van der Waals surface area contributed by atoms with Crippen LogP contribution >= 0.6 is 0 Å². The van der Waals surface area contributed by atoms with Gasteiger partial charge >= 0.3 is 6.03 Å². The Kier molecular flexibility index (Phi) is 5.88. The van der Waals surface area contributed by atoms with Crippen LogP contribution in [-0.2, 0) is 4.79 Å². The van der Waals surface area contributed by atoms with Gasteiger partial charge in [0, 0.05) is 30.8 Å². The maximum absolute atomic E-state index is 12.4. The van der Waals surface area contributed by atoms with E-state index in [1.165, 1.54) is 7.11 Å². The molecule has 148 valence electrons. The molecule has 1 aliphatic rings. The summed E-state index contributed by atoms with van der Waals surface area (Å²) in [6.45, 7) is 0.384. The Hall–Kier alpha value is -3.42. The van der Waals surface area contributed by atoms with Gasteiger partial charge in [-0.2, -0.15) is 0 Å². The van der Waals surface area contributed by atoms with Crippen LogP contribution in [-0.4, -0.2) is 45.9 Å². The topological polar surface area (TPSA) is 89.1 Å². The van der Waals surface area contributed by atoms with Gasteiger partial charge in [-0.15, -0.1) is 0 Å². The van der Waals surface area contributed by atoms with Crippen LogP contribution in [0.4, 0.5) is 16.2 Å². The van der Waals surface area contributed by atoms with Crippen LogP contribution in [0.3, 0.4) is 0 Å². The van der Waals surface area contributed by atoms with Gasteiger partial charge in [0.2, 0.25) is 5.91 Å². The number of amides is 3. The highest BCUT2D eigenvalue weighted by molar-refractivity contribution is 5.98. The van der Waals surface area contributed by atoms with Crippen molar-refractivity contribution >= 4 is 23.3 Å². The molecule has 1 fully saturated rings. The molecule has 0 aromatic heterocycles. The highest BCUT2D eigenvalue weighted by Gasteiger charge is 2.31. The standard InChI is InChI=1S/C20H23N3O5/c1-26-15-6-4-5-14(10-15)23-12-13(9-19(23)24)21-20(25)22-17-11-16(27-2)7-8-18(17)28-3/h4-8,10-11,13H,9,12H2,1-3H3,(H2,21,22,25)/t13-/m0/s1. The van der Waals surface area contributed by atoms with E-state index in [0.717, 1.165) is 5.69 Å². The molecule has 2 aromatic carbocycles. The summed E-state index contributed by atoms with van der Waals surface area (Å²) in [6.07, 6.45) is 0.222. The second-order valence-electron chi connectivity index (χ2n) is 6.27. The van der Waals surface area contributed by atoms with Crippen molar-refractivity contribution in [1.82, 2.24) is 5.32 Å². The van der Waals surface area contributed by atoms with Crippen LogP contribution in [0.15, 0.2) is 42.5 Å². The van der Waals surface area contributed by atoms with Gasteiger partial charge in [-0.3, -0.25) is 4.79 Å². The molecule has 0 saturated carbocycles. The first-order valence-electron chi connectivity index (χ1n) is 8.78. The summed E-state index contributed by atoms with van der Waals surface area (Å²) in [5.74, 6) is 1.72. The van der Waals surface area contributed by atoms with Gasteiger partial charge in [-0.05, 0) is 24.3 Å². The zero-order valence-electron chi connectivity index (χ0n) is 16.0. The Labute approximate surface area is 163 Å². The number of benzene rings is 2. The van der Waals surface area contributed by atoms with Crippen LogP contribution in [0.5, 0.6) is 17.2 Å². The average Bonchev–Trinajstić information content (AvgIpc) is 3.07. The average molecular weight is 385 g/mol. The van der Waals surface area contributed by atoms with Crippen molar-refractivity contribution in [2.45, 2.75) is 12.5 Å². The zero-order chi connectivity index (χ0) is 20.1. The van der Waals surface area contributed by atoms with E-state index in [1.54, 1.807) is 43.4 Å². The number of nitrogens with zero attached hydrogens (tertiary/aromatic N) is 1. The summed E-state index contributed by atoms with van der Waals surface area (Å²) >= 11 is 0. The Morgan fingerprint density at radius 1 is 1.04 bits per heavy atom. The van der Waals surface area contributed by atoms with E-state index in [0.29, 0.717) is 29.5 Å². The minimum absolute atomic E-state index is 0.0579. The third-order valence-electron chi connectivity index (χ3n) is 4.48. The van der Waals surface area contributed by atoms with Gasteiger partial charge in [0.05, 0.1) is 33.1 Å². The van der Waals surface area contributed by atoms with Gasteiger partial charge < -0.3 is 29.7 Å². The Morgan fingerprint density at radius 3 is 2.50 bits per heavy atom. The molecule has 0 bridgehead atoms. The quantitative estimate of drug-likeness (QED) is 0.798. The fraction of sp³-hybridized carbons (Fsp3) is 0.300. The van der Waals surface area contributed by atoms with Crippen LogP contribution < -0.4 is 29.7 Å². The van der Waals surface area contributed by atoms with Crippen LogP contribution in [0.2, 0.25) is 0 Å². The molecule has 28 heavy (non-hydrogen) atoms. The number of hydrogen-bond donors (Lipinski definition) is 2. The lowest BCUT2D eigenvalue weighted by molar-refractivity contribution is -0.117. The minimum atomic E-state index is -0.420. The van der Waals surface area contributed by atoms with Crippen LogP contribution in [0, 0.1) is 0 Å². The maximum atomic E-state index is 12.4. The van der Waals surface area contributed by atoms with Crippen molar-refractivity contribution in [3.05, 3.63) is 42.5 Å². The molecule has 1 atom stereocenters. The predicted octanol–water partition coefficient (Wildman–Crippen LogP) is 2.64. The third kappa shape index (κ3) is 4.28. The predicted molar refractivity (Wildman–Crippen MR) is 105 cm³/mol. The lowest BCUT2D eigenvalue weighted by atomic mass is 10.2. The molecule has 8 heteroatoms. The number of carbonyl (C=O) groups excluding carboxylic acids is 2. The van der Waals surface area contributed by atoms with Gasteiger partial charge in [0.1, 0.15) is 17.2 Å². The lowest BCUT2D eigenvalue weighted by Crippen LogP contribution is -2.39. The summed E-state index contributed by atoms with van der Waals surface area (Å²) in [7, 11) is 4.64. The Balaban J connectivity index is 1.65. The molecule has 2 aromatic rings. The van der Waals surface area contributed by atoms with Gasteiger partial charge in [0.25, 0.3) is 0 Å². The third-order valence-corrected chi connectivity index (χ3v) is 4.48. The molecule has 3 rings (SSSR count). The molecule has 3 amide bonds. The first-order valence-corrected chi connectivity index (χ1v) is 8.78. The second kappa shape index (κ2) is 8.51. The van der Waals surface area contributed by atoms with Crippen molar-refractivity contribution in [2.75, 3.05) is 38.1 Å². The highest BCUT2D eigenvalue weighted by Crippen LogP contribution is 2.29. The number of rotatable bonds is 6. The van der Waals surface area contributed by atoms with Crippen molar-refractivity contribution in [3.63, 3.8) is 0 Å². The van der Waals surface area contributed by atoms with Gasteiger partial charge in [0.15, 0.2) is 0 Å². The zero-order valence-corrected chi connectivity index (χ0v) is 16.0. The molecule has 8 nitrogen and oxygen atoms in total. The molecule has 0 aliphatic carbocycles. The molecule has 2 N–H and O–H groups in total. The normalized spacial score (nSPS) is 15.9. The first-order chi connectivity index (χ1) is 13.5. The fourth-order valence-electron chi connectivity index (χ4n) is 3.09. The van der Waals surface area contributed by atoms with E-state index in [2.05, 4.69) is 10.6 Å². The fourth-order valence-corrected chi connectivity index (χ4v) is 3.09. The van der Waals surface area contributed by atoms with Gasteiger partial charge in [-0.25, -0.2) is 4.79 Å². The number of hydrogen-bond acceptors (Lipinski definition) is 5. The van der Waals surface area contributed by atoms with Gasteiger partial charge in [-0.1, -0.05) is 6.07 Å². The van der Waals surface area contributed by atoms with E-state index in [9.17, 15) is 9.59 Å². The smallest absolute Gasteiger partial charge is 0.319 e. The summed E-state index contributed by atoms with van der Waals surface area (Å²) in [5, 5.41) is 5.58. The molecule has 0 unspecified atom stereocenters. The van der Waals surface area contributed by atoms with Crippen LogP contribution in [0.25, 0.3) is 0 Å². The molecule has 1 saturated heterocycles. The monoisotopic (exact) mass is 385 g/mol. The first kappa shape index (κ1) is 19.3. The number of carbonyl (C=O) groups is 2. The van der Waals surface area contributed by atoms with Crippen LogP contribution in [0.1, 0.15) is 6.42 Å². The summed E-state index contributed by atoms with van der Waals surface area (Å²) in [4.78, 5) is 26.4. The van der Waals surface area contributed by atoms with Crippen molar-refractivity contribution in [3.8, 4) is 17.2 Å². The van der Waals surface area contributed by atoms with Crippen molar-refractivity contribution in [2.24, 2.45) is 0 Å². The molecule has 1 aliphatic heterocycles. The number of methoxy groups -OCH3 is 3. The molecule has 0 spiro atoms. The lowest BCUT2D eigenvalue weighted by Gasteiger charge is -2.18. The minimum Gasteiger partial charge on any atom is -0.497 e. The maximum Gasteiger partial charge on any atom is 0.319 e. The number of ether oxygens (including phenoxy) is 3. The van der Waals surface area contributed by atoms with E-state index in [1.807, 2.05) is 18.2 Å². The molecular formula is C20H23N3O5. The highest BCUT2D eigenvalue weighted by atomic mass is 16.5. The Morgan fingerprint density at radius 2 is 1.79 bits per heavy atom. The van der Waals surface area contributed by atoms with E-state index >= 15 is 0 Å². The van der Waals surface area contributed by atoms with E-state index < -0.39 is 6.03 Å². The second-order valence-corrected chi connectivity index (χ2v) is 6.27. The largest absolute Gasteiger partial charge is 0.497 e. The molecule has 1 heterocycles. The summed E-state index contributed by atoms with van der Waals surface area (Å²) in [6, 6.07) is 11.7. The summed E-state index contributed by atoms with van der Waals surface area (Å²) in [5.41, 5.74) is 1.22. The number of anilines is 2. The SMILES string of the molecule is COc1cccc(N2C[C@@H](NC(=O)Nc3cc(OC)ccc3OC)CC2=O)c1. The molecule has 0 radical (unpaired) electrons. The summed E-state index contributed by atoms with van der Waals surface area (Å²) < 4.78 is 15.6. The van der Waals surface area contributed by atoms with Crippen molar-refractivity contribution < 1.29 is 23.8 Å². The number of urea groups is 1. The van der Waals surface area contributed by atoms with E-state index in [-0.39, 0.29) is 18.4 Å². The number of nitrogens with one attached hydrogen (secondary N) is 2. The van der Waals surface area contributed by atoms with Crippen molar-refractivity contribution in [1.29, 1.82) is 0 Å². The Bertz CT molecular complexity index is 871. The molecular weight excluding hydrogens is 362 g/mol. The van der Waals surface area contributed by atoms with E-state index in [4.69, 9.17) is 14.2 Å².